The van der Waals surface area contributed by atoms with Crippen LogP contribution in [0, 0.1) is 0 Å². The van der Waals surface area contributed by atoms with Crippen molar-refractivity contribution in [3.05, 3.63) is 0 Å². The van der Waals surface area contributed by atoms with Gasteiger partial charge < -0.3 is 15.2 Å². The summed E-state index contributed by atoms with van der Waals surface area (Å²) in [5, 5.41) is 0. The van der Waals surface area contributed by atoms with Crippen molar-refractivity contribution in [1.82, 2.24) is 4.90 Å². The summed E-state index contributed by atoms with van der Waals surface area (Å²) < 4.78 is 10.4. The molecule has 0 fully saturated rings. The zero-order valence-electron chi connectivity index (χ0n) is 12.8. The van der Waals surface area contributed by atoms with Crippen molar-refractivity contribution >= 4 is 12.2 Å². The van der Waals surface area contributed by atoms with Gasteiger partial charge in [0.05, 0.1) is 0 Å². The number of carbonyl (C=O) groups excluding carboxylic acids is 2. The van der Waals surface area contributed by atoms with Gasteiger partial charge in [-0.2, -0.15) is 0 Å². The normalized spacial score (nSPS) is 11.9. The number of ether oxygens (including phenoxy) is 2. The second-order valence-corrected chi connectivity index (χ2v) is 6.25. The number of hydrogen-bond donors (Lipinski definition) is 1. The Morgan fingerprint density at radius 3 is 1.58 bits per heavy atom. The minimum Gasteiger partial charge on any atom is -0.443 e. The van der Waals surface area contributed by atoms with Crippen LogP contribution in [0.4, 0.5) is 9.59 Å². The van der Waals surface area contributed by atoms with Crippen LogP contribution in [-0.2, 0) is 9.47 Å². The van der Waals surface area contributed by atoms with E-state index in [1.54, 1.807) is 41.5 Å². The molecule has 2 amide bonds. The zero-order valence-corrected chi connectivity index (χ0v) is 12.8. The molecular formula is C13H26N2O4. The van der Waals surface area contributed by atoms with E-state index in [2.05, 4.69) is 0 Å². The molecule has 0 unspecified atom stereocenters. The predicted molar refractivity (Wildman–Crippen MR) is 72.8 cm³/mol. The molecule has 0 aromatic heterocycles. The molecule has 0 aliphatic rings. The highest BCUT2D eigenvalue weighted by atomic mass is 16.6. The molecule has 0 saturated heterocycles. The fraction of sp³-hybridized carbons (Fsp3) is 0.846. The second-order valence-electron chi connectivity index (χ2n) is 6.25. The average Bonchev–Trinajstić information content (AvgIpc) is 2.12. The molecule has 0 bridgehead atoms. The standard InChI is InChI=1S/C13H26N2O4/c1-12(2,3)18-10(16)15(9-7-8-14)11(17)19-13(4,5)6/h7-9,14H2,1-6H3. The van der Waals surface area contributed by atoms with Crippen molar-refractivity contribution < 1.29 is 19.1 Å². The number of hydrogen-bond acceptors (Lipinski definition) is 5. The van der Waals surface area contributed by atoms with Gasteiger partial charge in [-0.3, -0.25) is 0 Å². The van der Waals surface area contributed by atoms with Gasteiger partial charge in [-0.1, -0.05) is 0 Å². The van der Waals surface area contributed by atoms with Gasteiger partial charge in [-0.25, -0.2) is 14.5 Å². The Balaban J connectivity index is 4.80. The molecule has 0 aromatic carbocycles. The summed E-state index contributed by atoms with van der Waals surface area (Å²) in [6, 6.07) is 0. The fourth-order valence-corrected chi connectivity index (χ4v) is 1.14. The summed E-state index contributed by atoms with van der Waals surface area (Å²) in [6.45, 7) is 11.0. The number of nitrogens with two attached hydrogens (primary N) is 1. The van der Waals surface area contributed by atoms with Gasteiger partial charge >= 0.3 is 12.2 Å². The van der Waals surface area contributed by atoms with E-state index in [0.717, 1.165) is 4.90 Å². The number of carbonyl (C=O) groups is 2. The molecule has 0 spiro atoms. The van der Waals surface area contributed by atoms with Crippen LogP contribution in [0.1, 0.15) is 48.0 Å². The minimum absolute atomic E-state index is 0.181. The first-order valence-electron chi connectivity index (χ1n) is 6.40. The molecule has 0 aromatic rings. The molecular weight excluding hydrogens is 248 g/mol. The van der Waals surface area contributed by atoms with Crippen LogP contribution in [0.5, 0.6) is 0 Å². The third-order valence-electron chi connectivity index (χ3n) is 1.81. The van der Waals surface area contributed by atoms with Crippen LogP contribution in [0.3, 0.4) is 0 Å². The van der Waals surface area contributed by atoms with Crippen molar-refractivity contribution in [3.8, 4) is 0 Å². The number of rotatable bonds is 3. The van der Waals surface area contributed by atoms with Gasteiger partial charge in [0.15, 0.2) is 0 Å². The summed E-state index contributed by atoms with van der Waals surface area (Å²) in [6.07, 6.45) is -0.927. The zero-order chi connectivity index (χ0) is 15.3. The van der Waals surface area contributed by atoms with Gasteiger partial charge in [0.25, 0.3) is 0 Å². The van der Waals surface area contributed by atoms with E-state index in [9.17, 15) is 9.59 Å². The summed E-state index contributed by atoms with van der Waals surface area (Å²) in [5.74, 6) is 0. The molecule has 19 heavy (non-hydrogen) atoms. The molecule has 6 heteroatoms. The van der Waals surface area contributed by atoms with Crippen molar-refractivity contribution in [2.45, 2.75) is 59.2 Å². The molecule has 0 aliphatic heterocycles. The molecule has 0 atom stereocenters. The van der Waals surface area contributed by atoms with Gasteiger partial charge in [0, 0.05) is 6.54 Å². The highest BCUT2D eigenvalue weighted by molar-refractivity contribution is 5.88. The summed E-state index contributed by atoms with van der Waals surface area (Å²) in [7, 11) is 0. The lowest BCUT2D eigenvalue weighted by atomic mass is 10.2. The second kappa shape index (κ2) is 6.75. The number of nitrogens with zero attached hydrogens (tertiary/aromatic N) is 1. The number of imide groups is 1. The molecule has 0 aliphatic carbocycles. The van der Waals surface area contributed by atoms with Gasteiger partial charge in [0.2, 0.25) is 0 Å². The van der Waals surface area contributed by atoms with E-state index in [1.165, 1.54) is 0 Å². The first kappa shape index (κ1) is 17.7. The maximum Gasteiger partial charge on any atom is 0.419 e. The third-order valence-corrected chi connectivity index (χ3v) is 1.81. The van der Waals surface area contributed by atoms with Gasteiger partial charge in [-0.15, -0.1) is 0 Å². The first-order chi connectivity index (χ1) is 8.46. The highest BCUT2D eigenvalue weighted by Crippen LogP contribution is 2.14. The highest BCUT2D eigenvalue weighted by Gasteiger charge is 2.30. The molecule has 0 saturated carbocycles. The van der Waals surface area contributed by atoms with E-state index in [0.29, 0.717) is 13.0 Å². The van der Waals surface area contributed by atoms with Crippen LogP contribution in [0.25, 0.3) is 0 Å². The molecule has 6 nitrogen and oxygen atoms in total. The smallest absolute Gasteiger partial charge is 0.419 e. The van der Waals surface area contributed by atoms with Crippen LogP contribution in [0.2, 0.25) is 0 Å². The third kappa shape index (κ3) is 8.42. The SMILES string of the molecule is CC(C)(C)OC(=O)N(CCCN)C(=O)OC(C)(C)C. The molecule has 112 valence electrons. The van der Waals surface area contributed by atoms with Gasteiger partial charge in [0.1, 0.15) is 11.2 Å². The van der Waals surface area contributed by atoms with Crippen LogP contribution >= 0.6 is 0 Å². The fourth-order valence-electron chi connectivity index (χ4n) is 1.14. The number of amides is 2. The van der Waals surface area contributed by atoms with Crippen molar-refractivity contribution in [2.75, 3.05) is 13.1 Å². The minimum atomic E-state index is -0.713. The van der Waals surface area contributed by atoms with Gasteiger partial charge in [-0.05, 0) is 54.5 Å². The topological polar surface area (TPSA) is 81.9 Å². The Labute approximate surface area is 115 Å². The van der Waals surface area contributed by atoms with Crippen LogP contribution < -0.4 is 5.73 Å². The van der Waals surface area contributed by atoms with E-state index in [-0.39, 0.29) is 6.54 Å². The first-order valence-corrected chi connectivity index (χ1v) is 6.40. The van der Waals surface area contributed by atoms with E-state index in [4.69, 9.17) is 15.2 Å². The molecule has 0 radical (unpaired) electrons. The summed E-state index contributed by atoms with van der Waals surface area (Å²) in [4.78, 5) is 24.9. The predicted octanol–water partition coefficient (Wildman–Crippen LogP) is 2.51. The maximum atomic E-state index is 12.0. The van der Waals surface area contributed by atoms with E-state index in [1.807, 2.05) is 0 Å². The van der Waals surface area contributed by atoms with Crippen molar-refractivity contribution in [1.29, 1.82) is 0 Å². The van der Waals surface area contributed by atoms with E-state index >= 15 is 0 Å². The largest absolute Gasteiger partial charge is 0.443 e. The summed E-state index contributed by atoms with van der Waals surface area (Å²) >= 11 is 0. The average molecular weight is 274 g/mol. The summed E-state index contributed by atoms with van der Waals surface area (Å²) in [5.41, 5.74) is 4.07. The Morgan fingerprint density at radius 1 is 0.947 bits per heavy atom. The Bertz CT molecular complexity index is 288. The molecule has 0 heterocycles. The lowest BCUT2D eigenvalue weighted by Crippen LogP contribution is -2.44. The molecule has 2 N–H and O–H groups in total. The lowest BCUT2D eigenvalue weighted by Gasteiger charge is -2.28. The lowest BCUT2D eigenvalue weighted by molar-refractivity contribution is 0.00142. The monoisotopic (exact) mass is 274 g/mol. The van der Waals surface area contributed by atoms with E-state index < -0.39 is 23.4 Å². The van der Waals surface area contributed by atoms with Crippen molar-refractivity contribution in [3.63, 3.8) is 0 Å². The van der Waals surface area contributed by atoms with Crippen molar-refractivity contribution in [2.24, 2.45) is 5.73 Å². The van der Waals surface area contributed by atoms with Crippen LogP contribution in [-0.4, -0.2) is 41.4 Å². The maximum absolute atomic E-state index is 12.0. The Morgan fingerprint density at radius 2 is 1.32 bits per heavy atom. The Hall–Kier alpha value is -1.30. The molecule has 0 rings (SSSR count). The quantitative estimate of drug-likeness (QED) is 0.855. The van der Waals surface area contributed by atoms with Crippen LogP contribution in [0.15, 0.2) is 0 Å². The Kier molecular flexibility index (Phi) is 6.29.